The topological polar surface area (TPSA) is 44.9 Å². The SMILES string of the molecule is CC(C)(C)[N]1CC[N](C(C)(C)C)[AlH]1.CC(C)(C)[N]1CC[N](C(C)(C)C)[AlH]1.CC(C)(C)[N]1CC[O][AlH]1.CC[N]1CC[N](C(C)(C)C)[AlH]1.C[N]1CC(C)(C)[N](C(C)(C)C)[AlH]1.C[N]1CC[N](C(C)(C)C)[AlH]1. The molecule has 0 spiro atoms. The van der Waals surface area contributed by atoms with E-state index < -0.39 is 0 Å². The maximum Gasteiger partial charge on any atom is 0.555 e. The molecule has 0 aromatic heterocycles. The summed E-state index contributed by atoms with van der Waals surface area (Å²) in [5.41, 5.74) is 3.44. The van der Waals surface area contributed by atoms with Crippen LogP contribution in [-0.2, 0) is 3.79 Å². The smallest absolute Gasteiger partial charge is 0.490 e. The van der Waals surface area contributed by atoms with Crippen molar-refractivity contribution in [2.75, 3.05) is 92.7 Å². The maximum absolute atomic E-state index is 5.35. The molecule has 0 atom stereocenters. The lowest BCUT2D eigenvalue weighted by Crippen LogP contribution is -2.52. The van der Waals surface area contributed by atoms with Crippen molar-refractivity contribution in [3.8, 4) is 0 Å². The summed E-state index contributed by atoms with van der Waals surface area (Å²) >= 11 is -0.937. The Morgan fingerprint density at radius 1 is 0.368 bits per heavy atom. The van der Waals surface area contributed by atoms with Crippen LogP contribution >= 0.6 is 0 Å². The van der Waals surface area contributed by atoms with Gasteiger partial charge in [-0.1, -0.05) is 6.92 Å². The summed E-state index contributed by atoms with van der Waals surface area (Å²) < 4.78 is 34.1. The zero-order chi connectivity index (χ0) is 53.3. The molecule has 0 aliphatic carbocycles. The lowest BCUT2D eigenvalue weighted by atomic mass is 9.99. The first-order valence-corrected chi connectivity index (χ1v) is 34.5. The summed E-state index contributed by atoms with van der Waals surface area (Å²) in [4.78, 5) is 0. The van der Waals surface area contributed by atoms with Crippen LogP contribution in [0.2, 0.25) is 0 Å². The highest BCUT2D eigenvalue weighted by Gasteiger charge is 2.43. The van der Waals surface area contributed by atoms with Gasteiger partial charge in [-0.05, 0) is 304 Å². The second-order valence-corrected chi connectivity index (χ2v) is 40.6. The minimum atomic E-state index is -0.314. The van der Waals surface area contributed by atoms with Crippen LogP contribution in [0.15, 0.2) is 0 Å². The van der Waals surface area contributed by atoms with Crippen molar-refractivity contribution in [2.45, 2.75) is 237 Å². The van der Waals surface area contributed by atoms with Gasteiger partial charge in [0.05, 0.1) is 0 Å². The molecule has 6 fully saturated rings. The van der Waals surface area contributed by atoms with Gasteiger partial charge in [0.25, 0.3) is 0 Å². The summed E-state index contributed by atoms with van der Waals surface area (Å²) in [6.45, 7) is 77.3. The standard InChI is InChI=1S/2C10H22N2.C9H20N2.C8H18N2.C7H16N2.C6H13NO.6Al.6H/c2*1-9(2,3)11-7-8-12-10(4,5)6;1-8(2,3)11-9(4,5)7-10-6;1-5-9-6-7-10-8(2,3)4;1-7(2,3)9-6-5-8-4;1-6(2,3)7-4-5-8;;;;;;;;;;;;/h2*7-8H2,1-6H3;7H2,1-6H3;5-7H2,1-4H3;5-6H2,1-4H3;4-5H2,1-3H3;;;;;;;;;;;;/q6*-2;6*+2;;;;;;. The molecule has 12 nitrogen and oxygen atoms in total. The molecule has 0 amide bonds. The highest BCUT2D eigenvalue weighted by atomic mass is 27.2. The van der Waals surface area contributed by atoms with Crippen molar-refractivity contribution in [3.05, 3.63) is 0 Å². The molecule has 68 heavy (non-hydrogen) atoms. The van der Waals surface area contributed by atoms with Gasteiger partial charge in [-0.3, -0.25) is 0 Å². The molecule has 6 aliphatic heterocycles. The number of nitrogens with zero attached hydrogens (tertiary/aromatic N) is 11. The molecule has 0 N–H and O–H groups in total. The van der Waals surface area contributed by atoms with Crippen molar-refractivity contribution in [2.24, 2.45) is 0 Å². The van der Waals surface area contributed by atoms with E-state index in [4.69, 9.17) is 3.79 Å². The third-order valence-corrected chi connectivity index (χ3v) is 31.0. The fraction of sp³-hybridized carbons (Fsp3) is 1.00. The van der Waals surface area contributed by atoms with E-state index in [0.717, 1.165) is 13.2 Å². The summed E-state index contributed by atoms with van der Waals surface area (Å²) in [5.74, 6) is 0. The van der Waals surface area contributed by atoms with Gasteiger partial charge in [0, 0.05) is 18.7 Å². The molecule has 0 aromatic carbocycles. The molecule has 0 saturated carbocycles. The predicted octanol–water partition coefficient (Wildman–Crippen LogP) is 5.38. The largest absolute Gasteiger partial charge is 0.555 e. The number of rotatable bonds is 1. The van der Waals surface area contributed by atoms with Gasteiger partial charge in [-0.25, -0.2) is 0 Å². The molecule has 18 heteroatoms. The van der Waals surface area contributed by atoms with Crippen LogP contribution in [0.1, 0.15) is 187 Å². The summed E-state index contributed by atoms with van der Waals surface area (Å²) in [7, 11) is 4.48. The van der Waals surface area contributed by atoms with E-state index in [-0.39, 0.29) is 94.1 Å². The van der Waals surface area contributed by atoms with Gasteiger partial charge in [0.2, 0.25) is 0 Å². The van der Waals surface area contributed by atoms with Crippen LogP contribution in [0, 0.1) is 0 Å². The Morgan fingerprint density at radius 3 is 0.853 bits per heavy atom. The summed E-state index contributed by atoms with van der Waals surface area (Å²) in [6, 6.07) is 0. The highest BCUT2D eigenvalue weighted by Crippen LogP contribution is 2.29. The Labute approximate surface area is 466 Å². The Balaban J connectivity index is 0.000000410. The Hall–Kier alpha value is 2.71. The van der Waals surface area contributed by atoms with Crippen LogP contribution in [-0.4, -0.2) is 279 Å². The van der Waals surface area contributed by atoms with E-state index in [2.05, 4.69) is 244 Å². The average molecular weight is 1050 g/mol. The zero-order valence-electron chi connectivity index (χ0n) is 51.6. The van der Waals surface area contributed by atoms with Crippen molar-refractivity contribution in [3.63, 3.8) is 0 Å². The van der Waals surface area contributed by atoms with E-state index in [1.54, 1.807) is 0 Å². The quantitative estimate of drug-likeness (QED) is 0.317. The van der Waals surface area contributed by atoms with Crippen LogP contribution in [0.25, 0.3) is 0 Å². The molecular weight excluding hydrogens is 933 g/mol. The lowest BCUT2D eigenvalue weighted by Gasteiger charge is -2.42. The second-order valence-electron chi connectivity index (χ2n) is 29.5. The minimum absolute atomic E-state index is 0.0559. The fourth-order valence-corrected chi connectivity index (χ4v) is 19.4. The fourth-order valence-electron chi connectivity index (χ4n) is 9.38. The van der Waals surface area contributed by atoms with Crippen molar-refractivity contribution in [1.29, 1.82) is 0 Å². The van der Waals surface area contributed by atoms with Gasteiger partial charge in [-0.2, -0.15) is 0 Å². The first-order valence-electron chi connectivity index (χ1n) is 27.0. The van der Waals surface area contributed by atoms with Gasteiger partial charge in [-0.15, -0.1) is 0 Å². The molecule has 6 heterocycles. The molecule has 0 aromatic rings. The van der Waals surface area contributed by atoms with E-state index in [1.165, 1.54) is 65.4 Å². The maximum atomic E-state index is 5.35. The number of likely N-dealkylation sites (N-methyl/N-ethyl adjacent to an activating group) is 3. The first-order chi connectivity index (χ1) is 30.3. The van der Waals surface area contributed by atoms with Gasteiger partial charge < -0.3 is 46.5 Å². The molecule has 0 unspecified atom stereocenters. The molecule has 6 saturated heterocycles. The van der Waals surface area contributed by atoms with E-state index in [1.807, 2.05) is 0 Å². The second kappa shape index (κ2) is 27.9. The molecule has 6 rings (SSSR count). The van der Waals surface area contributed by atoms with E-state index >= 15 is 0 Å². The number of hydrogen-bond acceptors (Lipinski definition) is 12. The monoisotopic (exact) mass is 1050 g/mol. The predicted molar refractivity (Wildman–Crippen MR) is 312 cm³/mol. The third-order valence-electron chi connectivity index (χ3n) is 14.6. The van der Waals surface area contributed by atoms with Crippen molar-refractivity contribution < 1.29 is 3.79 Å². The highest BCUT2D eigenvalue weighted by molar-refractivity contribution is 6.31. The Bertz CT molecular complexity index is 1340. The molecule has 6 aliphatic rings. The normalized spacial score (nSPS) is 22.9. The lowest BCUT2D eigenvalue weighted by molar-refractivity contribution is 0.146. The summed E-state index contributed by atoms with van der Waals surface area (Å²) in [6.07, 6.45) is 0. The van der Waals surface area contributed by atoms with Crippen LogP contribution < -0.4 is 0 Å². The minimum Gasteiger partial charge on any atom is -0.490 e. The molecule has 0 radical (unpaired) electrons. The molecule has 396 valence electrons. The van der Waals surface area contributed by atoms with Gasteiger partial charge >= 0.3 is 94.1 Å². The third kappa shape index (κ3) is 25.7. The number of hydrogen-bond donors (Lipinski definition) is 0. The van der Waals surface area contributed by atoms with Crippen LogP contribution in [0.5, 0.6) is 0 Å². The average Bonchev–Trinajstić information content (AvgIpc) is 3.97. The van der Waals surface area contributed by atoms with Gasteiger partial charge in [0.1, 0.15) is 0 Å². The van der Waals surface area contributed by atoms with Crippen molar-refractivity contribution >= 4 is 94.1 Å². The Morgan fingerprint density at radius 2 is 0.691 bits per heavy atom. The van der Waals surface area contributed by atoms with Crippen LogP contribution in [0.3, 0.4) is 0 Å². The summed E-state index contributed by atoms with van der Waals surface area (Å²) in [5, 5.41) is 0. The first kappa shape index (κ1) is 68.7. The molecule has 0 bridgehead atoms. The zero-order valence-corrected chi connectivity index (χ0v) is 60.0. The Kier molecular flexibility index (Phi) is 28.2. The van der Waals surface area contributed by atoms with Gasteiger partial charge in [0.15, 0.2) is 0 Å². The van der Waals surface area contributed by atoms with Crippen LogP contribution in [0.4, 0.5) is 0 Å². The van der Waals surface area contributed by atoms with E-state index in [9.17, 15) is 0 Å². The molecular formula is C50H117Al6N11O. The van der Waals surface area contributed by atoms with Crippen molar-refractivity contribution in [1.82, 2.24) is 42.7 Å². The van der Waals surface area contributed by atoms with E-state index in [0.29, 0.717) is 49.9 Å².